The van der Waals surface area contributed by atoms with E-state index in [1.54, 1.807) is 24.4 Å². The van der Waals surface area contributed by atoms with E-state index < -0.39 is 0 Å². The van der Waals surface area contributed by atoms with E-state index in [-0.39, 0.29) is 11.5 Å². The lowest BCUT2D eigenvalue weighted by molar-refractivity contribution is 0.0951. The Morgan fingerprint density at radius 1 is 1.03 bits per heavy atom. The van der Waals surface area contributed by atoms with Crippen LogP contribution in [0.3, 0.4) is 0 Å². The summed E-state index contributed by atoms with van der Waals surface area (Å²) in [6, 6.07) is 16.5. The number of H-pyrrole nitrogens is 1. The first-order chi connectivity index (χ1) is 17.6. The molecule has 4 rings (SSSR count). The van der Waals surface area contributed by atoms with Gasteiger partial charge in [-0.05, 0) is 68.4 Å². The van der Waals surface area contributed by atoms with Crippen LogP contribution in [0.4, 0.5) is 0 Å². The molecule has 1 amide bonds. The largest absolute Gasteiger partial charge is 0.352 e. The molecule has 0 bridgehead atoms. The van der Waals surface area contributed by atoms with E-state index in [2.05, 4.69) is 39.4 Å². The van der Waals surface area contributed by atoms with Gasteiger partial charge in [-0.25, -0.2) is 4.68 Å². The zero-order chi connectivity index (χ0) is 25.3. The van der Waals surface area contributed by atoms with Crippen LogP contribution in [0.5, 0.6) is 0 Å². The number of unbranched alkanes of at least 4 members (excludes halogenated alkanes) is 1. The molecule has 2 heterocycles. The van der Waals surface area contributed by atoms with Crippen LogP contribution in [0.1, 0.15) is 49.0 Å². The van der Waals surface area contributed by atoms with Gasteiger partial charge in [0.1, 0.15) is 0 Å². The molecule has 0 saturated heterocycles. The molecule has 2 N–H and O–H groups in total. The Morgan fingerprint density at radius 2 is 1.83 bits per heavy atom. The molecule has 188 valence electrons. The summed E-state index contributed by atoms with van der Waals surface area (Å²) in [5, 5.41) is 15.5. The second-order valence-corrected chi connectivity index (χ2v) is 8.98. The number of aromatic amines is 1. The maximum absolute atomic E-state index is 12.6. The molecule has 2 aromatic heterocycles. The molecule has 8 heteroatoms. The molecule has 0 unspecified atom stereocenters. The van der Waals surface area contributed by atoms with Crippen LogP contribution in [0.15, 0.2) is 65.6 Å². The van der Waals surface area contributed by atoms with Gasteiger partial charge in [0.05, 0.1) is 24.0 Å². The molecule has 8 nitrogen and oxygen atoms in total. The van der Waals surface area contributed by atoms with E-state index in [1.165, 1.54) is 23.6 Å². The van der Waals surface area contributed by atoms with E-state index in [0.29, 0.717) is 24.3 Å². The monoisotopic (exact) mass is 486 g/mol. The fourth-order valence-corrected chi connectivity index (χ4v) is 4.19. The summed E-state index contributed by atoms with van der Waals surface area (Å²) >= 11 is 0. The highest BCUT2D eigenvalue weighted by atomic mass is 16.1. The van der Waals surface area contributed by atoms with Crippen LogP contribution in [0, 0.1) is 0 Å². The van der Waals surface area contributed by atoms with Gasteiger partial charge in [0.25, 0.3) is 11.5 Å². The zero-order valence-electron chi connectivity index (χ0n) is 21.0. The Hall–Kier alpha value is -3.78. The van der Waals surface area contributed by atoms with E-state index in [4.69, 9.17) is 0 Å². The number of nitrogens with one attached hydrogen (secondary N) is 2. The van der Waals surface area contributed by atoms with Crippen LogP contribution >= 0.6 is 0 Å². The van der Waals surface area contributed by atoms with Gasteiger partial charge < -0.3 is 10.2 Å². The van der Waals surface area contributed by atoms with Crippen molar-refractivity contribution >= 4 is 16.8 Å². The first-order valence-corrected chi connectivity index (χ1v) is 12.7. The summed E-state index contributed by atoms with van der Waals surface area (Å²) < 4.78 is 1.46. The average Bonchev–Trinajstić information content (AvgIpc) is 3.37. The molecule has 0 aliphatic heterocycles. The van der Waals surface area contributed by atoms with Crippen molar-refractivity contribution in [2.45, 2.75) is 39.7 Å². The van der Waals surface area contributed by atoms with Crippen molar-refractivity contribution in [2.24, 2.45) is 0 Å². The third kappa shape index (κ3) is 6.46. The van der Waals surface area contributed by atoms with Gasteiger partial charge >= 0.3 is 0 Å². The van der Waals surface area contributed by atoms with Crippen molar-refractivity contribution in [3.05, 3.63) is 82.3 Å². The molecule has 0 fully saturated rings. The maximum Gasteiger partial charge on any atom is 0.267 e. The number of hydrogen-bond donors (Lipinski definition) is 2. The van der Waals surface area contributed by atoms with E-state index in [9.17, 15) is 9.59 Å². The normalized spacial score (nSPS) is 11.3. The zero-order valence-corrected chi connectivity index (χ0v) is 21.0. The molecule has 0 aliphatic rings. The Labute approximate surface area is 211 Å². The van der Waals surface area contributed by atoms with Crippen molar-refractivity contribution in [1.82, 2.24) is 30.2 Å². The summed E-state index contributed by atoms with van der Waals surface area (Å²) in [4.78, 5) is 27.4. The molecule has 2 aromatic carbocycles. The average molecular weight is 487 g/mol. The fourth-order valence-electron chi connectivity index (χ4n) is 4.19. The van der Waals surface area contributed by atoms with Crippen LogP contribution in [0.25, 0.3) is 22.2 Å². The smallest absolute Gasteiger partial charge is 0.267 e. The molecule has 0 radical (unpaired) electrons. The van der Waals surface area contributed by atoms with E-state index in [1.807, 2.05) is 30.3 Å². The highest BCUT2D eigenvalue weighted by molar-refractivity contribution is 5.94. The molecular formula is C28H34N6O2. The number of nitrogens with zero attached hydrogens (tertiary/aromatic N) is 4. The molecule has 0 saturated carbocycles. The molecule has 36 heavy (non-hydrogen) atoms. The SMILES string of the molecule is CCCCN(CC)CCCNC(=O)c1ccc(-c2ccc(=O)n(Cc3ccc4[nH]ncc4c3)n2)cc1. The molecule has 0 aliphatic carbocycles. The second-order valence-electron chi connectivity index (χ2n) is 8.98. The minimum atomic E-state index is -0.168. The molecular weight excluding hydrogens is 452 g/mol. The minimum Gasteiger partial charge on any atom is -0.352 e. The number of carbonyl (C=O) groups excluding carboxylic acids is 1. The van der Waals surface area contributed by atoms with Crippen LogP contribution in [-0.4, -0.2) is 57.0 Å². The topological polar surface area (TPSA) is 95.9 Å². The predicted molar refractivity (Wildman–Crippen MR) is 143 cm³/mol. The van der Waals surface area contributed by atoms with Gasteiger partial charge in [-0.15, -0.1) is 0 Å². The predicted octanol–water partition coefficient (Wildman–Crippen LogP) is 4.08. The summed E-state index contributed by atoms with van der Waals surface area (Å²) in [7, 11) is 0. The van der Waals surface area contributed by atoms with Gasteiger partial charge in [0.2, 0.25) is 0 Å². The van der Waals surface area contributed by atoms with Crippen LogP contribution in [0.2, 0.25) is 0 Å². The highest BCUT2D eigenvalue weighted by Crippen LogP contribution is 2.17. The first kappa shape index (κ1) is 25.3. The second kappa shape index (κ2) is 12.3. The standard InChI is InChI=1S/C28H34N6O2/c1-3-5-16-33(4-2)17-6-15-29-28(36)23-10-8-22(9-11-23)26-13-14-27(35)34(32-26)20-21-7-12-25-24(18-21)19-30-31-25/h7-14,18-19H,3-6,15-17,20H2,1-2H3,(H,29,36)(H,30,31). The Morgan fingerprint density at radius 3 is 2.61 bits per heavy atom. The Bertz CT molecular complexity index is 1340. The van der Waals surface area contributed by atoms with Crippen molar-refractivity contribution in [1.29, 1.82) is 0 Å². The third-order valence-electron chi connectivity index (χ3n) is 6.36. The van der Waals surface area contributed by atoms with Gasteiger partial charge in [0.15, 0.2) is 0 Å². The minimum absolute atomic E-state index is 0.0780. The van der Waals surface area contributed by atoms with Gasteiger partial charge in [0, 0.05) is 29.1 Å². The van der Waals surface area contributed by atoms with Crippen molar-refractivity contribution in [3.8, 4) is 11.3 Å². The quantitative estimate of drug-likeness (QED) is 0.294. The summed E-state index contributed by atoms with van der Waals surface area (Å²) in [5.41, 5.74) is 3.89. The first-order valence-electron chi connectivity index (χ1n) is 12.7. The summed E-state index contributed by atoms with van der Waals surface area (Å²) in [6.07, 6.45) is 5.10. The maximum atomic E-state index is 12.6. The summed E-state index contributed by atoms with van der Waals surface area (Å²) in [5.74, 6) is -0.0780. The van der Waals surface area contributed by atoms with Crippen LogP contribution in [-0.2, 0) is 6.54 Å². The highest BCUT2D eigenvalue weighted by Gasteiger charge is 2.09. The number of amides is 1. The lowest BCUT2D eigenvalue weighted by Crippen LogP contribution is -2.30. The van der Waals surface area contributed by atoms with Crippen LogP contribution < -0.4 is 10.9 Å². The van der Waals surface area contributed by atoms with Gasteiger partial charge in [-0.1, -0.05) is 38.5 Å². The Balaban J connectivity index is 1.36. The fraction of sp³-hybridized carbons (Fsp3) is 0.357. The number of benzene rings is 2. The lowest BCUT2D eigenvalue weighted by atomic mass is 10.1. The third-order valence-corrected chi connectivity index (χ3v) is 6.36. The van der Waals surface area contributed by atoms with Gasteiger partial charge in [-0.3, -0.25) is 14.7 Å². The lowest BCUT2D eigenvalue weighted by Gasteiger charge is -2.19. The number of rotatable bonds is 12. The summed E-state index contributed by atoms with van der Waals surface area (Å²) in [6.45, 7) is 8.54. The molecule has 0 spiro atoms. The number of aromatic nitrogens is 4. The number of carbonyl (C=O) groups is 1. The molecule has 4 aromatic rings. The van der Waals surface area contributed by atoms with E-state index >= 15 is 0 Å². The number of hydrogen-bond acceptors (Lipinski definition) is 5. The van der Waals surface area contributed by atoms with Crippen molar-refractivity contribution in [3.63, 3.8) is 0 Å². The Kier molecular flexibility index (Phi) is 8.62. The van der Waals surface area contributed by atoms with E-state index in [0.717, 1.165) is 48.1 Å². The molecule has 0 atom stereocenters. The van der Waals surface area contributed by atoms with Crippen molar-refractivity contribution < 1.29 is 4.79 Å². The van der Waals surface area contributed by atoms with Crippen molar-refractivity contribution in [2.75, 3.05) is 26.2 Å². The van der Waals surface area contributed by atoms with Gasteiger partial charge in [-0.2, -0.15) is 10.2 Å². The number of fused-ring (bicyclic) bond motifs is 1.